The van der Waals surface area contributed by atoms with Crippen LogP contribution in [0.5, 0.6) is 5.75 Å². The zero-order valence-corrected chi connectivity index (χ0v) is 19.7. The number of pyridine rings is 2. The minimum atomic E-state index is -0.103. The fourth-order valence-electron chi connectivity index (χ4n) is 4.28. The second kappa shape index (κ2) is 9.82. The molecule has 0 aromatic carbocycles. The Balaban J connectivity index is 1.56. The monoisotopic (exact) mass is 462 g/mol. The molecule has 1 N–H and O–H groups in total. The third-order valence-electron chi connectivity index (χ3n) is 5.98. The van der Waals surface area contributed by atoms with Crippen LogP contribution in [0.3, 0.4) is 0 Å². The molecule has 0 bridgehead atoms. The molecule has 0 radical (unpaired) electrons. The van der Waals surface area contributed by atoms with E-state index in [0.717, 1.165) is 68.5 Å². The number of anilines is 1. The highest BCUT2D eigenvalue weighted by Gasteiger charge is 2.23. The van der Waals surface area contributed by atoms with Crippen molar-refractivity contribution in [3.05, 3.63) is 48.5 Å². The number of nitrogens with one attached hydrogen (secondary N) is 1. The predicted molar refractivity (Wildman–Crippen MR) is 131 cm³/mol. The summed E-state index contributed by atoms with van der Waals surface area (Å²) in [6, 6.07) is 9.72. The van der Waals surface area contributed by atoms with Crippen LogP contribution < -0.4 is 10.1 Å². The van der Waals surface area contributed by atoms with Crippen LogP contribution >= 0.6 is 0 Å². The number of morpholine rings is 1. The number of nitrogens with zero attached hydrogens (tertiary/aromatic N) is 5. The smallest absolute Gasteiger partial charge is 0.195 e. The van der Waals surface area contributed by atoms with Crippen molar-refractivity contribution in [3.8, 4) is 17.1 Å². The fraction of sp³-hybridized carbons (Fsp3) is 0.400. The van der Waals surface area contributed by atoms with Crippen LogP contribution in [0, 0.1) is 0 Å². The molecule has 1 aliphatic rings. The van der Waals surface area contributed by atoms with Gasteiger partial charge in [0.1, 0.15) is 28.6 Å². The van der Waals surface area contributed by atoms with Crippen LogP contribution in [0.4, 0.5) is 5.82 Å². The fourth-order valence-corrected chi connectivity index (χ4v) is 4.28. The summed E-state index contributed by atoms with van der Waals surface area (Å²) in [6.07, 6.45) is 4.75. The topological polar surface area (TPSA) is 85.4 Å². The number of hydrogen-bond donors (Lipinski definition) is 1. The van der Waals surface area contributed by atoms with Crippen molar-refractivity contribution in [1.29, 1.82) is 0 Å². The number of hydrogen-bond acceptors (Lipinski definition) is 7. The SMILES string of the molecule is CCCOc1ccn2c(C(C)=O)nc(-c3nc4ccccn4c3NCCN3CCOCC3)c2c1. The number of carbonyl (C=O) groups is 1. The molecule has 5 rings (SSSR count). The molecule has 0 spiro atoms. The van der Waals surface area contributed by atoms with E-state index in [1.165, 1.54) is 6.92 Å². The van der Waals surface area contributed by atoms with Gasteiger partial charge in [-0.25, -0.2) is 9.97 Å². The molecule has 178 valence electrons. The first-order valence-corrected chi connectivity index (χ1v) is 11.8. The van der Waals surface area contributed by atoms with E-state index in [1.807, 2.05) is 51.5 Å². The maximum absolute atomic E-state index is 12.4. The Morgan fingerprint density at radius 2 is 1.97 bits per heavy atom. The van der Waals surface area contributed by atoms with Gasteiger partial charge in [-0.2, -0.15) is 0 Å². The van der Waals surface area contributed by atoms with Crippen molar-refractivity contribution in [1.82, 2.24) is 23.7 Å². The molecule has 4 aromatic rings. The maximum Gasteiger partial charge on any atom is 0.195 e. The first-order chi connectivity index (χ1) is 16.7. The Morgan fingerprint density at radius 3 is 2.76 bits per heavy atom. The van der Waals surface area contributed by atoms with Gasteiger partial charge in [-0.05, 0) is 24.6 Å². The van der Waals surface area contributed by atoms with Gasteiger partial charge in [0.05, 0.1) is 25.3 Å². The molecule has 5 heterocycles. The first kappa shape index (κ1) is 22.4. The van der Waals surface area contributed by atoms with Gasteiger partial charge in [0, 0.05) is 51.6 Å². The van der Waals surface area contributed by atoms with Gasteiger partial charge >= 0.3 is 0 Å². The number of rotatable bonds is 9. The lowest BCUT2D eigenvalue weighted by atomic mass is 10.2. The Morgan fingerprint density at radius 1 is 1.12 bits per heavy atom. The van der Waals surface area contributed by atoms with Gasteiger partial charge in [-0.15, -0.1) is 0 Å². The second-order valence-corrected chi connectivity index (χ2v) is 8.42. The zero-order chi connectivity index (χ0) is 23.5. The summed E-state index contributed by atoms with van der Waals surface area (Å²) in [7, 11) is 0. The molecule has 4 aromatic heterocycles. The van der Waals surface area contributed by atoms with E-state index in [0.29, 0.717) is 23.8 Å². The Bertz CT molecular complexity index is 1300. The van der Waals surface area contributed by atoms with Crippen LogP contribution in [0.25, 0.3) is 22.6 Å². The van der Waals surface area contributed by atoms with E-state index in [2.05, 4.69) is 17.1 Å². The summed E-state index contributed by atoms with van der Waals surface area (Å²) in [5.74, 6) is 1.88. The number of Topliss-reactive ketones (excluding diaryl/α,β-unsaturated/α-hetero) is 1. The van der Waals surface area contributed by atoms with Crippen LogP contribution in [-0.4, -0.2) is 75.5 Å². The van der Waals surface area contributed by atoms with Gasteiger partial charge < -0.3 is 14.8 Å². The molecular weight excluding hydrogens is 432 g/mol. The molecule has 0 aliphatic carbocycles. The summed E-state index contributed by atoms with van der Waals surface area (Å²) in [6.45, 7) is 9.32. The summed E-state index contributed by atoms with van der Waals surface area (Å²) in [4.78, 5) is 24.4. The van der Waals surface area contributed by atoms with Gasteiger partial charge in [0.25, 0.3) is 0 Å². The quantitative estimate of drug-likeness (QED) is 0.382. The zero-order valence-electron chi connectivity index (χ0n) is 19.7. The highest BCUT2D eigenvalue weighted by Crippen LogP contribution is 2.33. The van der Waals surface area contributed by atoms with E-state index in [-0.39, 0.29) is 5.78 Å². The van der Waals surface area contributed by atoms with Gasteiger partial charge in [-0.1, -0.05) is 13.0 Å². The van der Waals surface area contributed by atoms with E-state index in [4.69, 9.17) is 19.4 Å². The largest absolute Gasteiger partial charge is 0.493 e. The highest BCUT2D eigenvalue weighted by molar-refractivity contribution is 5.95. The number of ether oxygens (including phenoxy) is 2. The third-order valence-corrected chi connectivity index (χ3v) is 5.98. The first-order valence-electron chi connectivity index (χ1n) is 11.8. The van der Waals surface area contributed by atoms with Crippen LogP contribution in [-0.2, 0) is 4.74 Å². The molecule has 9 heteroatoms. The lowest BCUT2D eigenvalue weighted by molar-refractivity contribution is 0.0398. The Kier molecular flexibility index (Phi) is 6.46. The molecule has 0 unspecified atom stereocenters. The van der Waals surface area contributed by atoms with Gasteiger partial charge in [0.15, 0.2) is 11.6 Å². The minimum absolute atomic E-state index is 0.103. The summed E-state index contributed by atoms with van der Waals surface area (Å²) in [5.41, 5.74) is 2.98. The molecule has 0 amide bonds. The van der Waals surface area contributed by atoms with E-state index in [1.54, 1.807) is 0 Å². The Labute approximate surface area is 198 Å². The van der Waals surface area contributed by atoms with Crippen molar-refractivity contribution in [3.63, 3.8) is 0 Å². The average molecular weight is 463 g/mol. The normalized spacial score (nSPS) is 14.6. The number of aromatic nitrogens is 4. The lowest BCUT2D eigenvalue weighted by Gasteiger charge is -2.26. The molecule has 1 fully saturated rings. The number of ketones is 1. The molecular formula is C25H30N6O3. The van der Waals surface area contributed by atoms with Crippen LogP contribution in [0.1, 0.15) is 30.9 Å². The van der Waals surface area contributed by atoms with Gasteiger partial charge in [-0.3, -0.25) is 18.5 Å². The lowest BCUT2D eigenvalue weighted by Crippen LogP contribution is -2.39. The Hall–Kier alpha value is -3.43. The second-order valence-electron chi connectivity index (χ2n) is 8.42. The third kappa shape index (κ3) is 4.36. The molecule has 9 nitrogen and oxygen atoms in total. The molecule has 0 atom stereocenters. The molecule has 0 saturated carbocycles. The standard InChI is InChI=1S/C25H30N6O3/c1-3-14-34-19-7-10-30-20(17-19)22(28-24(30)18(2)32)23-25(31-9-5-4-6-21(31)27-23)26-8-11-29-12-15-33-16-13-29/h4-7,9-10,17,26H,3,8,11-16H2,1-2H3. The van der Waals surface area contributed by atoms with Crippen molar-refractivity contribution < 1.29 is 14.3 Å². The van der Waals surface area contributed by atoms with Gasteiger partial charge in [0.2, 0.25) is 0 Å². The number of fused-ring (bicyclic) bond motifs is 2. The van der Waals surface area contributed by atoms with E-state index >= 15 is 0 Å². The molecule has 1 saturated heterocycles. The summed E-state index contributed by atoms with van der Waals surface area (Å²) < 4.78 is 15.2. The van der Waals surface area contributed by atoms with Crippen LogP contribution in [0.2, 0.25) is 0 Å². The number of carbonyl (C=O) groups excluding carboxylic acids is 1. The molecule has 34 heavy (non-hydrogen) atoms. The summed E-state index contributed by atoms with van der Waals surface area (Å²) >= 11 is 0. The van der Waals surface area contributed by atoms with Crippen molar-refractivity contribution >= 4 is 22.8 Å². The average Bonchev–Trinajstić information content (AvgIpc) is 3.42. The highest BCUT2D eigenvalue weighted by atomic mass is 16.5. The van der Waals surface area contributed by atoms with Crippen molar-refractivity contribution in [2.75, 3.05) is 51.3 Å². The minimum Gasteiger partial charge on any atom is -0.493 e. The predicted octanol–water partition coefficient (Wildman–Crippen LogP) is 3.38. The molecule has 1 aliphatic heterocycles. The number of imidazole rings is 2. The van der Waals surface area contributed by atoms with E-state index < -0.39 is 0 Å². The van der Waals surface area contributed by atoms with Crippen molar-refractivity contribution in [2.24, 2.45) is 0 Å². The van der Waals surface area contributed by atoms with Crippen molar-refractivity contribution in [2.45, 2.75) is 20.3 Å². The summed E-state index contributed by atoms with van der Waals surface area (Å²) in [5, 5.41) is 3.59. The van der Waals surface area contributed by atoms with E-state index in [9.17, 15) is 4.79 Å². The maximum atomic E-state index is 12.4. The van der Waals surface area contributed by atoms with Crippen LogP contribution in [0.15, 0.2) is 42.7 Å².